The zero-order valence-electron chi connectivity index (χ0n) is 12.4. The SMILES string of the molecule is CC(C)(C)NC(=O)n1nnc(NC(=O)c2ccccc2O)n1. The average molecular weight is 304 g/mol. The van der Waals surface area contributed by atoms with E-state index in [0.717, 1.165) is 4.80 Å². The molecule has 116 valence electrons. The molecule has 1 aromatic heterocycles. The summed E-state index contributed by atoms with van der Waals surface area (Å²) in [4.78, 5) is 24.5. The molecule has 22 heavy (non-hydrogen) atoms. The van der Waals surface area contributed by atoms with Crippen molar-refractivity contribution >= 4 is 17.9 Å². The van der Waals surface area contributed by atoms with Gasteiger partial charge in [-0.3, -0.25) is 10.1 Å². The molecule has 9 heteroatoms. The Morgan fingerprint density at radius 3 is 2.55 bits per heavy atom. The van der Waals surface area contributed by atoms with Gasteiger partial charge in [0.1, 0.15) is 5.75 Å². The lowest BCUT2D eigenvalue weighted by Crippen LogP contribution is -2.43. The third-order valence-electron chi connectivity index (χ3n) is 2.45. The van der Waals surface area contributed by atoms with E-state index in [1.807, 2.05) is 20.8 Å². The van der Waals surface area contributed by atoms with Gasteiger partial charge in [-0.25, -0.2) is 4.79 Å². The second-order valence-electron chi connectivity index (χ2n) is 5.55. The molecule has 0 saturated heterocycles. The molecule has 0 aliphatic carbocycles. The first-order valence-electron chi connectivity index (χ1n) is 6.48. The minimum Gasteiger partial charge on any atom is -0.507 e. The molecular weight excluding hydrogens is 288 g/mol. The second kappa shape index (κ2) is 5.80. The summed E-state index contributed by atoms with van der Waals surface area (Å²) in [7, 11) is 0. The van der Waals surface area contributed by atoms with E-state index >= 15 is 0 Å². The molecule has 0 unspecified atom stereocenters. The maximum Gasteiger partial charge on any atom is 0.361 e. The number of phenols is 1. The van der Waals surface area contributed by atoms with Crippen LogP contribution in [0.5, 0.6) is 5.75 Å². The van der Waals surface area contributed by atoms with Crippen LogP contribution in [0.3, 0.4) is 0 Å². The average Bonchev–Trinajstić information content (AvgIpc) is 2.85. The monoisotopic (exact) mass is 304 g/mol. The summed E-state index contributed by atoms with van der Waals surface area (Å²) in [6.07, 6.45) is 0. The number of carbonyl (C=O) groups excluding carboxylic acids is 2. The molecular formula is C13H16N6O3. The Balaban J connectivity index is 2.08. The summed E-state index contributed by atoms with van der Waals surface area (Å²) in [5.41, 5.74) is -0.387. The first-order valence-corrected chi connectivity index (χ1v) is 6.48. The number of rotatable bonds is 2. The molecule has 0 aliphatic rings. The summed E-state index contributed by atoms with van der Waals surface area (Å²) in [5.74, 6) is -0.913. The number of anilines is 1. The molecule has 0 aliphatic heterocycles. The number of tetrazole rings is 1. The van der Waals surface area contributed by atoms with Gasteiger partial charge in [0.05, 0.1) is 5.56 Å². The first-order chi connectivity index (χ1) is 10.3. The van der Waals surface area contributed by atoms with Gasteiger partial charge in [0.15, 0.2) is 0 Å². The Morgan fingerprint density at radius 2 is 1.91 bits per heavy atom. The van der Waals surface area contributed by atoms with Crippen molar-refractivity contribution in [3.05, 3.63) is 29.8 Å². The number of hydrogen-bond donors (Lipinski definition) is 3. The van der Waals surface area contributed by atoms with Crippen LogP contribution < -0.4 is 10.6 Å². The van der Waals surface area contributed by atoms with Crippen molar-refractivity contribution in [2.45, 2.75) is 26.3 Å². The lowest BCUT2D eigenvalue weighted by atomic mass is 10.1. The van der Waals surface area contributed by atoms with E-state index in [1.54, 1.807) is 12.1 Å². The topological polar surface area (TPSA) is 122 Å². The van der Waals surface area contributed by atoms with Crippen LogP contribution in [-0.4, -0.2) is 42.8 Å². The van der Waals surface area contributed by atoms with Crippen molar-refractivity contribution in [2.75, 3.05) is 5.32 Å². The molecule has 1 aromatic carbocycles. The molecule has 2 amide bonds. The molecule has 0 saturated carbocycles. The van der Waals surface area contributed by atoms with Gasteiger partial charge >= 0.3 is 6.03 Å². The van der Waals surface area contributed by atoms with Crippen LogP contribution in [0, 0.1) is 0 Å². The van der Waals surface area contributed by atoms with E-state index < -0.39 is 17.5 Å². The van der Waals surface area contributed by atoms with Gasteiger partial charge in [-0.1, -0.05) is 22.0 Å². The van der Waals surface area contributed by atoms with Gasteiger partial charge in [0, 0.05) is 5.54 Å². The molecule has 2 rings (SSSR count). The smallest absolute Gasteiger partial charge is 0.361 e. The number of phenolic OH excluding ortho intramolecular Hbond substituents is 1. The van der Waals surface area contributed by atoms with E-state index in [0.29, 0.717) is 0 Å². The van der Waals surface area contributed by atoms with E-state index in [2.05, 4.69) is 26.0 Å². The Hall–Kier alpha value is -2.97. The van der Waals surface area contributed by atoms with Gasteiger partial charge in [-0.05, 0) is 38.1 Å². The minimum atomic E-state index is -0.603. The maximum absolute atomic E-state index is 12.0. The lowest BCUT2D eigenvalue weighted by Gasteiger charge is -2.18. The fourth-order valence-electron chi connectivity index (χ4n) is 1.56. The summed E-state index contributed by atoms with van der Waals surface area (Å²) in [6.45, 7) is 5.42. The van der Waals surface area contributed by atoms with Crippen LogP contribution in [0.4, 0.5) is 10.7 Å². The third kappa shape index (κ3) is 3.78. The predicted octanol–water partition coefficient (Wildman–Crippen LogP) is 0.987. The highest BCUT2D eigenvalue weighted by atomic mass is 16.3. The van der Waals surface area contributed by atoms with Crippen molar-refractivity contribution in [2.24, 2.45) is 0 Å². The first kappa shape index (κ1) is 15.4. The molecule has 3 N–H and O–H groups in total. The normalized spacial score (nSPS) is 11.0. The zero-order chi connectivity index (χ0) is 16.3. The number of aromatic nitrogens is 4. The molecule has 0 fully saturated rings. The van der Waals surface area contributed by atoms with Crippen LogP contribution in [0.25, 0.3) is 0 Å². The minimum absolute atomic E-state index is 0.0676. The highest BCUT2D eigenvalue weighted by Gasteiger charge is 2.19. The molecule has 2 aromatic rings. The third-order valence-corrected chi connectivity index (χ3v) is 2.45. The summed E-state index contributed by atoms with van der Waals surface area (Å²) in [5, 5.41) is 25.5. The molecule has 1 heterocycles. The number of para-hydroxylation sites is 1. The number of nitrogens with zero attached hydrogens (tertiary/aromatic N) is 4. The fraction of sp³-hybridized carbons (Fsp3) is 0.308. The number of nitrogens with one attached hydrogen (secondary N) is 2. The fourth-order valence-corrected chi connectivity index (χ4v) is 1.56. The van der Waals surface area contributed by atoms with Crippen molar-refractivity contribution in [1.82, 2.24) is 25.5 Å². The molecule has 0 atom stereocenters. The molecule has 0 spiro atoms. The van der Waals surface area contributed by atoms with E-state index in [-0.39, 0.29) is 17.3 Å². The zero-order valence-corrected chi connectivity index (χ0v) is 12.4. The van der Waals surface area contributed by atoms with Gasteiger partial charge in [0.25, 0.3) is 11.9 Å². The number of carbonyl (C=O) groups is 2. The molecule has 0 bridgehead atoms. The van der Waals surface area contributed by atoms with E-state index in [4.69, 9.17) is 0 Å². The largest absolute Gasteiger partial charge is 0.507 e. The number of amides is 2. The second-order valence-corrected chi connectivity index (χ2v) is 5.55. The van der Waals surface area contributed by atoms with Crippen LogP contribution >= 0.6 is 0 Å². The standard InChI is InChI=1S/C13H16N6O3/c1-13(2,3)15-12(22)19-17-11(16-18-19)14-10(21)8-6-4-5-7-9(8)20/h4-7,20H,1-3H3,(H,15,22)(H,14,17,21). The van der Waals surface area contributed by atoms with Crippen LogP contribution in [0.15, 0.2) is 24.3 Å². The van der Waals surface area contributed by atoms with Crippen molar-refractivity contribution in [1.29, 1.82) is 0 Å². The Bertz CT molecular complexity index is 704. The Labute approximate surface area is 126 Å². The summed E-state index contributed by atoms with van der Waals surface area (Å²) in [6, 6.07) is 5.47. The van der Waals surface area contributed by atoms with Crippen molar-refractivity contribution in [3.63, 3.8) is 0 Å². The summed E-state index contributed by atoms with van der Waals surface area (Å²) < 4.78 is 0. The summed E-state index contributed by atoms with van der Waals surface area (Å²) >= 11 is 0. The van der Waals surface area contributed by atoms with Crippen LogP contribution in [-0.2, 0) is 0 Å². The number of hydrogen-bond acceptors (Lipinski definition) is 6. The molecule has 9 nitrogen and oxygen atoms in total. The van der Waals surface area contributed by atoms with Gasteiger partial charge in [-0.2, -0.15) is 0 Å². The van der Waals surface area contributed by atoms with E-state index in [9.17, 15) is 14.7 Å². The number of benzene rings is 1. The highest BCUT2D eigenvalue weighted by Crippen LogP contribution is 2.16. The van der Waals surface area contributed by atoms with Crippen molar-refractivity contribution < 1.29 is 14.7 Å². The van der Waals surface area contributed by atoms with Gasteiger partial charge in [-0.15, -0.1) is 5.10 Å². The molecule has 0 radical (unpaired) electrons. The highest BCUT2D eigenvalue weighted by molar-refractivity contribution is 6.05. The number of aromatic hydroxyl groups is 1. The van der Waals surface area contributed by atoms with Crippen LogP contribution in [0.2, 0.25) is 0 Å². The lowest BCUT2D eigenvalue weighted by molar-refractivity contribution is 0.102. The van der Waals surface area contributed by atoms with Gasteiger partial charge in [0.2, 0.25) is 0 Å². The maximum atomic E-state index is 12.0. The van der Waals surface area contributed by atoms with E-state index in [1.165, 1.54) is 12.1 Å². The predicted molar refractivity (Wildman–Crippen MR) is 77.6 cm³/mol. The Kier molecular flexibility index (Phi) is 4.06. The van der Waals surface area contributed by atoms with Gasteiger partial charge < -0.3 is 10.4 Å². The van der Waals surface area contributed by atoms with Crippen molar-refractivity contribution in [3.8, 4) is 5.75 Å². The Morgan fingerprint density at radius 1 is 1.23 bits per heavy atom. The van der Waals surface area contributed by atoms with Crippen LogP contribution in [0.1, 0.15) is 31.1 Å². The quantitative estimate of drug-likeness (QED) is 0.760.